The molecule has 0 aliphatic heterocycles. The molecule has 2 aromatic rings. The van der Waals surface area contributed by atoms with E-state index in [1.54, 1.807) is 0 Å². The summed E-state index contributed by atoms with van der Waals surface area (Å²) in [6.07, 6.45) is 1.89. The van der Waals surface area contributed by atoms with E-state index in [1.807, 2.05) is 30.3 Å². The molecule has 0 aliphatic rings. The molecule has 0 unspecified atom stereocenters. The summed E-state index contributed by atoms with van der Waals surface area (Å²) < 4.78 is 0. The van der Waals surface area contributed by atoms with E-state index in [2.05, 4.69) is 11.9 Å². The summed E-state index contributed by atoms with van der Waals surface area (Å²) >= 11 is 1.49. The number of thiazole rings is 1. The van der Waals surface area contributed by atoms with Gasteiger partial charge >= 0.3 is 5.97 Å². The van der Waals surface area contributed by atoms with Crippen LogP contribution >= 0.6 is 11.3 Å². The molecule has 0 aliphatic carbocycles. The van der Waals surface area contributed by atoms with Gasteiger partial charge in [-0.05, 0) is 6.42 Å². The topological polar surface area (TPSA) is 50.2 Å². The fraction of sp³-hybridized carbons (Fsp3) is 0.286. The van der Waals surface area contributed by atoms with E-state index in [-0.39, 0.29) is 6.42 Å². The highest BCUT2D eigenvalue weighted by Crippen LogP contribution is 2.29. The molecule has 1 heterocycles. The van der Waals surface area contributed by atoms with Crippen LogP contribution in [0.2, 0.25) is 0 Å². The number of aliphatic carboxylic acids is 1. The zero-order valence-electron chi connectivity index (χ0n) is 10.2. The lowest BCUT2D eigenvalue weighted by Crippen LogP contribution is -2.01. The third kappa shape index (κ3) is 2.96. The fourth-order valence-electron chi connectivity index (χ4n) is 1.80. The SMILES string of the molecule is CCCc1nc(-c2ccccc2)sc1CC(=O)O. The summed E-state index contributed by atoms with van der Waals surface area (Å²) in [4.78, 5) is 16.3. The van der Waals surface area contributed by atoms with Gasteiger partial charge in [0.05, 0.1) is 12.1 Å². The number of aromatic nitrogens is 1. The van der Waals surface area contributed by atoms with Crippen LogP contribution in [0.15, 0.2) is 30.3 Å². The molecular weight excluding hydrogens is 246 g/mol. The van der Waals surface area contributed by atoms with Gasteiger partial charge in [-0.15, -0.1) is 11.3 Å². The maximum atomic E-state index is 10.8. The van der Waals surface area contributed by atoms with Crippen LogP contribution in [0.1, 0.15) is 23.9 Å². The molecule has 1 N–H and O–H groups in total. The summed E-state index contributed by atoms with van der Waals surface area (Å²) in [5, 5.41) is 9.83. The highest BCUT2D eigenvalue weighted by Gasteiger charge is 2.14. The van der Waals surface area contributed by atoms with Gasteiger partial charge in [0.25, 0.3) is 0 Å². The predicted molar refractivity (Wildman–Crippen MR) is 72.9 cm³/mol. The third-order valence-corrected chi connectivity index (χ3v) is 3.74. The number of carboxylic acids is 1. The van der Waals surface area contributed by atoms with Crippen molar-refractivity contribution in [1.29, 1.82) is 0 Å². The van der Waals surface area contributed by atoms with Gasteiger partial charge in [-0.2, -0.15) is 0 Å². The summed E-state index contributed by atoms with van der Waals surface area (Å²) in [7, 11) is 0. The Hall–Kier alpha value is -1.68. The van der Waals surface area contributed by atoms with E-state index in [9.17, 15) is 4.79 Å². The number of carboxylic acid groups (broad SMARTS) is 1. The molecule has 0 spiro atoms. The van der Waals surface area contributed by atoms with Gasteiger partial charge in [-0.1, -0.05) is 43.7 Å². The number of aryl methyl sites for hydroxylation is 1. The van der Waals surface area contributed by atoms with Crippen molar-refractivity contribution in [3.63, 3.8) is 0 Å². The summed E-state index contributed by atoms with van der Waals surface area (Å²) in [6, 6.07) is 9.89. The second kappa shape index (κ2) is 5.78. The molecule has 0 saturated carbocycles. The molecule has 0 bridgehead atoms. The number of benzene rings is 1. The molecule has 1 aromatic heterocycles. The molecule has 18 heavy (non-hydrogen) atoms. The Kier molecular flexibility index (Phi) is 4.10. The maximum Gasteiger partial charge on any atom is 0.308 e. The molecule has 3 nitrogen and oxygen atoms in total. The van der Waals surface area contributed by atoms with Crippen molar-refractivity contribution in [1.82, 2.24) is 4.98 Å². The Balaban J connectivity index is 2.35. The lowest BCUT2D eigenvalue weighted by Gasteiger charge is -1.95. The van der Waals surface area contributed by atoms with Crippen LogP contribution in [-0.2, 0) is 17.6 Å². The number of rotatable bonds is 5. The Morgan fingerprint density at radius 2 is 2.06 bits per heavy atom. The number of hydrogen-bond donors (Lipinski definition) is 1. The minimum absolute atomic E-state index is 0.0693. The first-order valence-electron chi connectivity index (χ1n) is 5.96. The lowest BCUT2D eigenvalue weighted by molar-refractivity contribution is -0.136. The molecule has 1 aromatic carbocycles. The van der Waals surface area contributed by atoms with Crippen LogP contribution in [0.4, 0.5) is 0 Å². The standard InChI is InChI=1S/C14H15NO2S/c1-2-6-11-12(9-13(16)17)18-14(15-11)10-7-4-3-5-8-10/h3-5,7-8H,2,6,9H2,1H3,(H,16,17). The average molecular weight is 261 g/mol. The lowest BCUT2D eigenvalue weighted by atomic mass is 10.2. The maximum absolute atomic E-state index is 10.8. The van der Waals surface area contributed by atoms with E-state index in [1.165, 1.54) is 11.3 Å². The molecule has 0 amide bonds. The first-order valence-corrected chi connectivity index (χ1v) is 6.78. The fourth-order valence-corrected chi connectivity index (χ4v) is 2.90. The monoisotopic (exact) mass is 261 g/mol. The van der Waals surface area contributed by atoms with Crippen molar-refractivity contribution in [2.75, 3.05) is 0 Å². The van der Waals surface area contributed by atoms with E-state index in [0.717, 1.165) is 34.0 Å². The molecule has 0 fully saturated rings. The summed E-state index contributed by atoms with van der Waals surface area (Å²) in [6.45, 7) is 2.08. The van der Waals surface area contributed by atoms with E-state index in [4.69, 9.17) is 5.11 Å². The molecule has 4 heteroatoms. The molecule has 94 valence electrons. The van der Waals surface area contributed by atoms with Crippen LogP contribution in [0.3, 0.4) is 0 Å². The van der Waals surface area contributed by atoms with E-state index in [0.29, 0.717) is 0 Å². The molecule has 0 atom stereocenters. The Morgan fingerprint density at radius 3 is 2.67 bits per heavy atom. The van der Waals surface area contributed by atoms with Crippen molar-refractivity contribution in [2.24, 2.45) is 0 Å². The predicted octanol–water partition coefficient (Wildman–Crippen LogP) is 3.39. The minimum Gasteiger partial charge on any atom is -0.481 e. The van der Waals surface area contributed by atoms with Gasteiger partial charge in [-0.25, -0.2) is 4.98 Å². The van der Waals surface area contributed by atoms with Gasteiger partial charge in [0, 0.05) is 10.4 Å². The number of carbonyl (C=O) groups is 1. The van der Waals surface area contributed by atoms with Gasteiger partial charge in [-0.3, -0.25) is 4.79 Å². The van der Waals surface area contributed by atoms with E-state index < -0.39 is 5.97 Å². The summed E-state index contributed by atoms with van der Waals surface area (Å²) in [5.41, 5.74) is 1.99. The number of nitrogens with zero attached hydrogens (tertiary/aromatic N) is 1. The quantitative estimate of drug-likeness (QED) is 0.897. The van der Waals surface area contributed by atoms with Crippen molar-refractivity contribution in [3.05, 3.63) is 40.9 Å². The van der Waals surface area contributed by atoms with Crippen LogP contribution in [0, 0.1) is 0 Å². The molecule has 0 radical (unpaired) electrons. The second-order valence-electron chi connectivity index (χ2n) is 4.08. The molecule has 2 rings (SSSR count). The van der Waals surface area contributed by atoms with Crippen molar-refractivity contribution >= 4 is 17.3 Å². The molecule has 0 saturated heterocycles. The first kappa shape index (κ1) is 12.8. The van der Waals surface area contributed by atoms with Gasteiger partial charge in [0.2, 0.25) is 0 Å². The highest BCUT2D eigenvalue weighted by atomic mass is 32.1. The van der Waals surface area contributed by atoms with Crippen LogP contribution < -0.4 is 0 Å². The van der Waals surface area contributed by atoms with Gasteiger partial charge in [0.15, 0.2) is 0 Å². The normalized spacial score (nSPS) is 10.5. The van der Waals surface area contributed by atoms with Gasteiger partial charge in [0.1, 0.15) is 5.01 Å². The third-order valence-electron chi connectivity index (χ3n) is 2.60. The second-order valence-corrected chi connectivity index (χ2v) is 5.16. The smallest absolute Gasteiger partial charge is 0.308 e. The van der Waals surface area contributed by atoms with Crippen molar-refractivity contribution < 1.29 is 9.90 Å². The number of hydrogen-bond acceptors (Lipinski definition) is 3. The minimum atomic E-state index is -0.796. The average Bonchev–Trinajstić information content (AvgIpc) is 2.73. The van der Waals surface area contributed by atoms with E-state index >= 15 is 0 Å². The highest BCUT2D eigenvalue weighted by molar-refractivity contribution is 7.15. The zero-order chi connectivity index (χ0) is 13.0. The Bertz CT molecular complexity index is 534. The zero-order valence-corrected chi connectivity index (χ0v) is 11.0. The first-order chi connectivity index (χ1) is 8.70. The largest absolute Gasteiger partial charge is 0.481 e. The summed E-state index contributed by atoms with van der Waals surface area (Å²) in [5.74, 6) is -0.796. The van der Waals surface area contributed by atoms with Crippen molar-refractivity contribution in [3.8, 4) is 10.6 Å². The Labute approximate surface area is 110 Å². The van der Waals surface area contributed by atoms with Gasteiger partial charge < -0.3 is 5.11 Å². The van der Waals surface area contributed by atoms with Crippen LogP contribution in [-0.4, -0.2) is 16.1 Å². The van der Waals surface area contributed by atoms with Crippen LogP contribution in [0.25, 0.3) is 10.6 Å². The van der Waals surface area contributed by atoms with Crippen LogP contribution in [0.5, 0.6) is 0 Å². The van der Waals surface area contributed by atoms with Crippen molar-refractivity contribution in [2.45, 2.75) is 26.2 Å². The Morgan fingerprint density at radius 1 is 1.33 bits per heavy atom. The molecular formula is C14H15NO2S.